The molecule has 0 aliphatic heterocycles. The molecule has 0 heterocycles. The lowest BCUT2D eigenvalue weighted by Crippen LogP contribution is -2.15. The average molecular weight is 272 g/mol. The first-order valence-electron chi connectivity index (χ1n) is 7.94. The Bertz CT molecular complexity index is 192. The van der Waals surface area contributed by atoms with Gasteiger partial charge in [-0.15, -0.1) is 0 Å². The molecule has 18 heavy (non-hydrogen) atoms. The third kappa shape index (κ3) is 11.0. The Morgan fingerprint density at radius 2 is 1.50 bits per heavy atom. The SMILES string of the molecule is CCCCCCCCCC(CC)OC(=S)CCC. The molecule has 0 spiro atoms. The van der Waals surface area contributed by atoms with Crippen LogP contribution in [0.3, 0.4) is 0 Å². The number of rotatable bonds is 12. The highest BCUT2D eigenvalue weighted by Gasteiger charge is 2.08. The van der Waals surface area contributed by atoms with Gasteiger partial charge >= 0.3 is 0 Å². The van der Waals surface area contributed by atoms with Crippen molar-refractivity contribution in [3.8, 4) is 0 Å². The van der Waals surface area contributed by atoms with E-state index in [1.165, 1.54) is 51.4 Å². The largest absolute Gasteiger partial charge is 0.484 e. The second-order valence-electron chi connectivity index (χ2n) is 5.18. The van der Waals surface area contributed by atoms with Crippen LogP contribution in [0.5, 0.6) is 0 Å². The second kappa shape index (κ2) is 13.3. The summed E-state index contributed by atoms with van der Waals surface area (Å²) in [6, 6.07) is 0. The lowest BCUT2D eigenvalue weighted by molar-refractivity contribution is 0.170. The highest BCUT2D eigenvalue weighted by atomic mass is 32.1. The molecule has 0 aliphatic rings. The number of ether oxygens (including phenoxy) is 1. The van der Waals surface area contributed by atoms with Crippen molar-refractivity contribution in [2.75, 3.05) is 0 Å². The molecule has 1 atom stereocenters. The van der Waals surface area contributed by atoms with Gasteiger partial charge in [-0.1, -0.05) is 59.3 Å². The minimum atomic E-state index is 0.361. The normalized spacial score (nSPS) is 12.4. The summed E-state index contributed by atoms with van der Waals surface area (Å²) < 4.78 is 5.82. The first-order chi connectivity index (χ1) is 8.74. The van der Waals surface area contributed by atoms with Crippen molar-refractivity contribution in [2.24, 2.45) is 0 Å². The Balaban J connectivity index is 3.46. The molecule has 0 saturated carbocycles. The fraction of sp³-hybridized carbons (Fsp3) is 0.938. The smallest absolute Gasteiger partial charge is 0.160 e. The molecular formula is C16H32OS. The van der Waals surface area contributed by atoms with Crippen LogP contribution >= 0.6 is 12.2 Å². The minimum Gasteiger partial charge on any atom is -0.484 e. The Hall–Kier alpha value is -0.110. The molecule has 0 N–H and O–H groups in total. The van der Waals surface area contributed by atoms with Crippen LogP contribution in [0.15, 0.2) is 0 Å². The van der Waals surface area contributed by atoms with Crippen LogP contribution in [0.25, 0.3) is 0 Å². The minimum absolute atomic E-state index is 0.361. The summed E-state index contributed by atoms with van der Waals surface area (Å²) in [6.45, 7) is 6.61. The Labute approximate surface area is 120 Å². The molecule has 0 saturated heterocycles. The zero-order valence-electron chi connectivity index (χ0n) is 12.7. The fourth-order valence-corrected chi connectivity index (χ4v) is 2.46. The van der Waals surface area contributed by atoms with Crippen molar-refractivity contribution in [3.63, 3.8) is 0 Å². The van der Waals surface area contributed by atoms with Crippen molar-refractivity contribution < 1.29 is 4.74 Å². The monoisotopic (exact) mass is 272 g/mol. The Morgan fingerprint density at radius 1 is 0.889 bits per heavy atom. The van der Waals surface area contributed by atoms with Crippen molar-refractivity contribution in [3.05, 3.63) is 0 Å². The van der Waals surface area contributed by atoms with Crippen LogP contribution in [-0.2, 0) is 4.74 Å². The summed E-state index contributed by atoms with van der Waals surface area (Å²) in [5.41, 5.74) is 0. The third-order valence-corrected chi connectivity index (χ3v) is 3.64. The molecule has 1 unspecified atom stereocenters. The molecule has 1 nitrogen and oxygen atoms in total. The molecule has 0 rings (SSSR count). The van der Waals surface area contributed by atoms with E-state index in [1.54, 1.807) is 0 Å². The molecule has 0 aromatic heterocycles. The van der Waals surface area contributed by atoms with Gasteiger partial charge in [0.15, 0.2) is 5.05 Å². The predicted molar refractivity (Wildman–Crippen MR) is 85.3 cm³/mol. The summed E-state index contributed by atoms with van der Waals surface area (Å²) >= 11 is 5.22. The molecule has 0 fully saturated rings. The number of thiocarbonyl (C=S) groups is 1. The summed E-state index contributed by atoms with van der Waals surface area (Å²) in [6.07, 6.45) is 14.2. The van der Waals surface area contributed by atoms with E-state index in [-0.39, 0.29) is 0 Å². The van der Waals surface area contributed by atoms with Gasteiger partial charge in [0.2, 0.25) is 0 Å². The van der Waals surface area contributed by atoms with Crippen LogP contribution in [0, 0.1) is 0 Å². The van der Waals surface area contributed by atoms with E-state index in [9.17, 15) is 0 Å². The van der Waals surface area contributed by atoms with Gasteiger partial charge in [0.25, 0.3) is 0 Å². The first-order valence-corrected chi connectivity index (χ1v) is 8.34. The van der Waals surface area contributed by atoms with Gasteiger partial charge < -0.3 is 4.74 Å². The average Bonchev–Trinajstić information content (AvgIpc) is 2.36. The molecular weight excluding hydrogens is 240 g/mol. The van der Waals surface area contributed by atoms with Gasteiger partial charge in [0, 0.05) is 6.42 Å². The fourth-order valence-electron chi connectivity index (χ4n) is 2.12. The number of hydrogen-bond acceptors (Lipinski definition) is 2. The summed E-state index contributed by atoms with van der Waals surface area (Å²) in [5.74, 6) is 0. The Morgan fingerprint density at radius 3 is 2.06 bits per heavy atom. The quantitative estimate of drug-likeness (QED) is 0.316. The van der Waals surface area contributed by atoms with Crippen molar-refractivity contribution >= 4 is 17.3 Å². The van der Waals surface area contributed by atoms with Gasteiger partial charge in [0.05, 0.1) is 6.10 Å². The van der Waals surface area contributed by atoms with Crippen molar-refractivity contribution in [1.29, 1.82) is 0 Å². The maximum atomic E-state index is 5.82. The van der Waals surface area contributed by atoms with Crippen LogP contribution in [0.4, 0.5) is 0 Å². The molecule has 2 heteroatoms. The summed E-state index contributed by atoms with van der Waals surface area (Å²) in [7, 11) is 0. The third-order valence-electron chi connectivity index (χ3n) is 3.34. The molecule has 0 aliphatic carbocycles. The predicted octanol–water partition coefficient (Wildman–Crippen LogP) is 6.05. The van der Waals surface area contributed by atoms with Crippen LogP contribution in [-0.4, -0.2) is 11.2 Å². The zero-order chi connectivity index (χ0) is 13.6. The van der Waals surface area contributed by atoms with Crippen molar-refractivity contribution in [2.45, 2.75) is 97.5 Å². The Kier molecular flexibility index (Phi) is 13.2. The molecule has 108 valence electrons. The zero-order valence-corrected chi connectivity index (χ0v) is 13.5. The van der Waals surface area contributed by atoms with Gasteiger partial charge in [-0.2, -0.15) is 0 Å². The van der Waals surface area contributed by atoms with E-state index >= 15 is 0 Å². The maximum absolute atomic E-state index is 5.82. The van der Waals surface area contributed by atoms with E-state index < -0.39 is 0 Å². The molecule has 0 bridgehead atoms. The lowest BCUT2D eigenvalue weighted by atomic mass is 10.1. The lowest BCUT2D eigenvalue weighted by Gasteiger charge is -2.17. The van der Waals surface area contributed by atoms with E-state index in [0.717, 1.165) is 24.3 Å². The highest BCUT2D eigenvalue weighted by Crippen LogP contribution is 2.14. The van der Waals surface area contributed by atoms with Crippen LogP contribution in [0.2, 0.25) is 0 Å². The van der Waals surface area contributed by atoms with E-state index in [4.69, 9.17) is 17.0 Å². The standard InChI is InChI=1S/C16H32OS/c1-4-7-8-9-10-11-12-14-15(6-3)17-16(18)13-5-2/h15H,4-14H2,1-3H3. The van der Waals surface area contributed by atoms with Crippen molar-refractivity contribution in [1.82, 2.24) is 0 Å². The molecule has 0 amide bonds. The molecule has 0 aromatic carbocycles. The van der Waals surface area contributed by atoms with Gasteiger partial charge in [-0.25, -0.2) is 0 Å². The number of unbranched alkanes of at least 4 members (excludes halogenated alkanes) is 6. The highest BCUT2D eigenvalue weighted by molar-refractivity contribution is 7.80. The summed E-state index contributed by atoms with van der Waals surface area (Å²) in [5, 5.41) is 0.812. The van der Waals surface area contributed by atoms with Gasteiger partial charge in [0.1, 0.15) is 0 Å². The van der Waals surface area contributed by atoms with Gasteiger partial charge in [-0.05, 0) is 37.9 Å². The first kappa shape index (κ1) is 17.9. The second-order valence-corrected chi connectivity index (χ2v) is 5.64. The van der Waals surface area contributed by atoms with E-state index in [1.807, 2.05) is 0 Å². The molecule has 0 aromatic rings. The maximum Gasteiger partial charge on any atom is 0.160 e. The number of hydrogen-bond donors (Lipinski definition) is 0. The summed E-state index contributed by atoms with van der Waals surface area (Å²) in [4.78, 5) is 0. The van der Waals surface area contributed by atoms with Crippen LogP contribution < -0.4 is 0 Å². The van der Waals surface area contributed by atoms with Gasteiger partial charge in [-0.3, -0.25) is 0 Å². The van der Waals surface area contributed by atoms with E-state index in [2.05, 4.69) is 20.8 Å². The molecule has 0 radical (unpaired) electrons. The van der Waals surface area contributed by atoms with Crippen LogP contribution in [0.1, 0.15) is 91.4 Å². The topological polar surface area (TPSA) is 9.23 Å². The van der Waals surface area contributed by atoms with E-state index in [0.29, 0.717) is 6.10 Å².